The zero-order valence-corrected chi connectivity index (χ0v) is 11.4. The average Bonchev–Trinajstić information content (AvgIpc) is 2.56. The molecule has 3 rings (SSSR count). The van der Waals surface area contributed by atoms with Crippen LogP contribution in [0.2, 0.25) is 0 Å². The minimum atomic E-state index is 0.797. The molecule has 3 heterocycles. The lowest BCUT2D eigenvalue weighted by atomic mass is 10.3. The van der Waals surface area contributed by atoms with Gasteiger partial charge in [-0.3, -0.25) is 0 Å². The summed E-state index contributed by atoms with van der Waals surface area (Å²) in [6.45, 7) is 3.59. The number of nitrogens with one attached hydrogen (secondary N) is 1. The fourth-order valence-corrected chi connectivity index (χ4v) is 2.25. The first-order valence-corrected chi connectivity index (χ1v) is 6.63. The Morgan fingerprint density at radius 1 is 0.950 bits per heavy atom. The van der Waals surface area contributed by atoms with E-state index in [-0.39, 0.29) is 0 Å². The van der Waals surface area contributed by atoms with Crippen molar-refractivity contribution < 1.29 is 0 Å². The first-order valence-electron chi connectivity index (χ1n) is 6.63. The molecule has 20 heavy (non-hydrogen) atoms. The first kappa shape index (κ1) is 12.6. The van der Waals surface area contributed by atoms with Gasteiger partial charge < -0.3 is 15.1 Å². The van der Waals surface area contributed by atoms with E-state index < -0.39 is 0 Å². The Bertz CT molecular complexity index is 552. The summed E-state index contributed by atoms with van der Waals surface area (Å²) in [5.74, 6) is 2.59. The van der Waals surface area contributed by atoms with Gasteiger partial charge in [0.2, 0.25) is 5.95 Å². The van der Waals surface area contributed by atoms with Crippen molar-refractivity contribution in [2.24, 2.45) is 0 Å². The maximum absolute atomic E-state index is 4.33. The largest absolute Gasteiger partial charge is 0.373 e. The molecule has 0 radical (unpaired) electrons. The number of anilines is 3. The van der Waals surface area contributed by atoms with Gasteiger partial charge in [0.1, 0.15) is 18.0 Å². The second kappa shape index (κ2) is 5.68. The number of aromatic nitrogens is 4. The molecule has 0 amide bonds. The number of hydrogen-bond acceptors (Lipinski definition) is 7. The lowest BCUT2D eigenvalue weighted by Gasteiger charge is -2.35. The number of rotatable bonds is 3. The third-order valence-electron chi connectivity index (χ3n) is 3.35. The molecule has 1 N–H and O–H groups in total. The molecule has 104 valence electrons. The van der Waals surface area contributed by atoms with E-state index >= 15 is 0 Å². The van der Waals surface area contributed by atoms with Crippen LogP contribution in [0, 0.1) is 0 Å². The van der Waals surface area contributed by atoms with Gasteiger partial charge in [0, 0.05) is 51.7 Å². The Balaban J connectivity index is 1.66. The van der Waals surface area contributed by atoms with E-state index in [1.807, 2.05) is 19.2 Å². The van der Waals surface area contributed by atoms with Gasteiger partial charge in [-0.1, -0.05) is 0 Å². The van der Waals surface area contributed by atoms with Gasteiger partial charge >= 0.3 is 0 Å². The molecule has 0 aromatic carbocycles. The van der Waals surface area contributed by atoms with Crippen LogP contribution in [-0.2, 0) is 0 Å². The van der Waals surface area contributed by atoms with E-state index in [4.69, 9.17) is 0 Å². The topological polar surface area (TPSA) is 70.1 Å². The van der Waals surface area contributed by atoms with Gasteiger partial charge in [-0.15, -0.1) is 0 Å². The van der Waals surface area contributed by atoms with E-state index in [0.717, 1.165) is 43.8 Å². The zero-order valence-electron chi connectivity index (χ0n) is 11.4. The zero-order chi connectivity index (χ0) is 13.8. The van der Waals surface area contributed by atoms with Crippen molar-refractivity contribution >= 4 is 17.6 Å². The summed E-state index contributed by atoms with van der Waals surface area (Å²) in [6, 6.07) is 3.80. The predicted octanol–water partition coefficient (Wildman–Crippen LogP) is 0.635. The summed E-state index contributed by atoms with van der Waals surface area (Å²) in [6.07, 6.45) is 5.14. The highest BCUT2D eigenvalue weighted by molar-refractivity contribution is 5.49. The highest BCUT2D eigenvalue weighted by atomic mass is 15.3. The van der Waals surface area contributed by atoms with Gasteiger partial charge in [0.05, 0.1) is 0 Å². The quantitative estimate of drug-likeness (QED) is 0.878. The molecule has 0 atom stereocenters. The van der Waals surface area contributed by atoms with Crippen LogP contribution in [0.15, 0.2) is 30.9 Å². The Labute approximate surface area is 117 Å². The molecule has 0 aliphatic carbocycles. The molecule has 1 fully saturated rings. The van der Waals surface area contributed by atoms with Gasteiger partial charge in [0.15, 0.2) is 0 Å². The van der Waals surface area contributed by atoms with Gasteiger partial charge in [-0.2, -0.15) is 0 Å². The molecule has 0 unspecified atom stereocenters. The van der Waals surface area contributed by atoms with E-state index in [1.54, 1.807) is 18.7 Å². The third kappa shape index (κ3) is 2.61. The number of hydrogen-bond donors (Lipinski definition) is 1. The second-order valence-electron chi connectivity index (χ2n) is 4.53. The van der Waals surface area contributed by atoms with E-state index in [0.29, 0.717) is 0 Å². The number of nitrogens with zero attached hydrogens (tertiary/aromatic N) is 6. The third-order valence-corrected chi connectivity index (χ3v) is 3.35. The molecule has 0 bridgehead atoms. The number of piperazine rings is 1. The molecule has 1 saturated heterocycles. The summed E-state index contributed by atoms with van der Waals surface area (Å²) >= 11 is 0. The lowest BCUT2D eigenvalue weighted by molar-refractivity contribution is 0.634. The van der Waals surface area contributed by atoms with Crippen LogP contribution in [0.3, 0.4) is 0 Å². The molecule has 1 aliphatic rings. The fraction of sp³-hybridized carbons (Fsp3) is 0.385. The predicted molar refractivity (Wildman–Crippen MR) is 78.0 cm³/mol. The van der Waals surface area contributed by atoms with Crippen LogP contribution in [-0.4, -0.2) is 53.2 Å². The fourth-order valence-electron chi connectivity index (χ4n) is 2.25. The Kier molecular flexibility index (Phi) is 3.58. The average molecular weight is 271 g/mol. The van der Waals surface area contributed by atoms with Crippen molar-refractivity contribution in [3.63, 3.8) is 0 Å². The minimum absolute atomic E-state index is 0.797. The second-order valence-corrected chi connectivity index (χ2v) is 4.53. The lowest BCUT2D eigenvalue weighted by Crippen LogP contribution is -2.47. The smallest absolute Gasteiger partial charge is 0.225 e. The van der Waals surface area contributed by atoms with E-state index in [1.165, 1.54) is 0 Å². The van der Waals surface area contributed by atoms with Crippen LogP contribution >= 0.6 is 0 Å². The van der Waals surface area contributed by atoms with E-state index in [2.05, 4.69) is 35.1 Å². The molecular weight excluding hydrogens is 254 g/mol. The van der Waals surface area contributed by atoms with Crippen LogP contribution in [0.4, 0.5) is 17.6 Å². The summed E-state index contributed by atoms with van der Waals surface area (Å²) in [5, 5.41) is 3.03. The molecule has 2 aromatic rings. The van der Waals surface area contributed by atoms with Crippen molar-refractivity contribution in [3.05, 3.63) is 30.9 Å². The van der Waals surface area contributed by atoms with Crippen molar-refractivity contribution in [2.75, 3.05) is 48.3 Å². The maximum atomic E-state index is 4.33. The molecule has 7 nitrogen and oxygen atoms in total. The SMILES string of the molecule is CNc1cc(N2CCN(c3ncccn3)CC2)ncn1. The monoisotopic (exact) mass is 271 g/mol. The van der Waals surface area contributed by atoms with Crippen molar-refractivity contribution in [1.29, 1.82) is 0 Å². The van der Waals surface area contributed by atoms with Gasteiger partial charge in [-0.05, 0) is 6.07 Å². The molecule has 0 spiro atoms. The first-order chi connectivity index (χ1) is 9.86. The summed E-state index contributed by atoms with van der Waals surface area (Å²) in [5.41, 5.74) is 0. The highest BCUT2D eigenvalue weighted by Crippen LogP contribution is 2.17. The van der Waals surface area contributed by atoms with Crippen LogP contribution in [0.25, 0.3) is 0 Å². The van der Waals surface area contributed by atoms with E-state index in [9.17, 15) is 0 Å². The molecular formula is C13H17N7. The van der Waals surface area contributed by atoms with Crippen molar-refractivity contribution in [3.8, 4) is 0 Å². The van der Waals surface area contributed by atoms with Crippen LogP contribution < -0.4 is 15.1 Å². The Morgan fingerprint density at radius 2 is 1.65 bits per heavy atom. The van der Waals surface area contributed by atoms with Crippen molar-refractivity contribution in [1.82, 2.24) is 19.9 Å². The molecule has 0 saturated carbocycles. The minimum Gasteiger partial charge on any atom is -0.373 e. The summed E-state index contributed by atoms with van der Waals surface area (Å²) in [7, 11) is 1.86. The normalized spacial score (nSPS) is 15.2. The molecule has 1 aliphatic heterocycles. The van der Waals surface area contributed by atoms with Crippen LogP contribution in [0.1, 0.15) is 0 Å². The highest BCUT2D eigenvalue weighted by Gasteiger charge is 2.19. The Hall–Kier alpha value is -2.44. The summed E-state index contributed by atoms with van der Waals surface area (Å²) < 4.78 is 0. The molecule has 2 aromatic heterocycles. The molecule has 7 heteroatoms. The summed E-state index contributed by atoms with van der Waals surface area (Å²) in [4.78, 5) is 21.5. The standard InChI is InChI=1S/C13H17N7/c1-14-11-9-12(18-10-17-11)19-5-7-20(8-6-19)13-15-3-2-4-16-13/h2-4,9-10H,5-8H2,1H3,(H,14,17,18). The van der Waals surface area contributed by atoms with Crippen LogP contribution in [0.5, 0.6) is 0 Å². The Morgan fingerprint density at radius 3 is 2.35 bits per heavy atom. The van der Waals surface area contributed by atoms with Gasteiger partial charge in [-0.25, -0.2) is 19.9 Å². The van der Waals surface area contributed by atoms with Gasteiger partial charge in [0.25, 0.3) is 0 Å². The van der Waals surface area contributed by atoms with Crippen molar-refractivity contribution in [2.45, 2.75) is 0 Å². The maximum Gasteiger partial charge on any atom is 0.225 e.